The van der Waals surface area contributed by atoms with E-state index in [9.17, 15) is 17.6 Å². The second kappa shape index (κ2) is 8.98. The minimum absolute atomic E-state index is 0. The molecule has 0 unspecified atom stereocenters. The second-order valence-electron chi connectivity index (χ2n) is 7.17. The Bertz CT molecular complexity index is 1000. The number of halogens is 4. The van der Waals surface area contributed by atoms with Gasteiger partial charge in [-0.05, 0) is 34.9 Å². The van der Waals surface area contributed by atoms with E-state index in [2.05, 4.69) is 0 Å². The summed E-state index contributed by atoms with van der Waals surface area (Å²) in [5.41, 5.74) is 2.15. The van der Waals surface area contributed by atoms with Gasteiger partial charge in [0, 0.05) is 17.0 Å². The molecule has 1 heterocycles. The Morgan fingerprint density at radius 2 is 1.23 bits per heavy atom. The second-order valence-corrected chi connectivity index (χ2v) is 7.17. The van der Waals surface area contributed by atoms with E-state index in [1.165, 1.54) is 12.1 Å². The highest BCUT2D eigenvalue weighted by molar-refractivity contribution is 5.71. The fourth-order valence-corrected chi connectivity index (χ4v) is 3.26. The summed E-state index contributed by atoms with van der Waals surface area (Å²) in [7, 11) is 0. The van der Waals surface area contributed by atoms with Crippen LogP contribution in [0, 0.1) is 29.2 Å². The first-order valence-electron chi connectivity index (χ1n) is 9.20. The number of hydrogen-bond acceptors (Lipinski definition) is 2. The summed E-state index contributed by atoms with van der Waals surface area (Å²) in [5, 5.41) is 0. The van der Waals surface area contributed by atoms with Crippen LogP contribution in [0.25, 0.3) is 22.3 Å². The van der Waals surface area contributed by atoms with Gasteiger partial charge in [-0.1, -0.05) is 50.7 Å². The van der Waals surface area contributed by atoms with Gasteiger partial charge < -0.3 is 9.47 Å². The number of benzene rings is 3. The summed E-state index contributed by atoms with van der Waals surface area (Å²) in [5.74, 6) is -4.60. The van der Waals surface area contributed by atoms with Crippen LogP contribution < -0.4 is 0 Å². The molecule has 1 fully saturated rings. The number of hydrogen-bond donors (Lipinski definition) is 0. The highest BCUT2D eigenvalue weighted by atomic mass is 19.2. The van der Waals surface area contributed by atoms with Crippen LogP contribution in [-0.2, 0) is 9.47 Å². The van der Waals surface area contributed by atoms with E-state index in [0.717, 1.165) is 23.3 Å². The molecule has 30 heavy (non-hydrogen) atoms. The highest BCUT2D eigenvalue weighted by Gasteiger charge is 2.21. The summed E-state index contributed by atoms with van der Waals surface area (Å²) in [6.07, 6.45) is -0.414. The van der Waals surface area contributed by atoms with E-state index >= 15 is 0 Å². The highest BCUT2D eigenvalue weighted by Crippen LogP contribution is 2.31. The molecule has 0 aromatic heterocycles. The minimum Gasteiger partial charge on any atom is -0.348 e. The predicted molar refractivity (Wildman–Crippen MR) is 108 cm³/mol. The molecule has 1 aliphatic heterocycles. The molecule has 6 heteroatoms. The topological polar surface area (TPSA) is 18.5 Å². The average Bonchev–Trinajstić information content (AvgIpc) is 2.72. The van der Waals surface area contributed by atoms with Crippen LogP contribution in [-0.4, -0.2) is 13.2 Å². The Hall–Kier alpha value is -2.70. The van der Waals surface area contributed by atoms with Crippen molar-refractivity contribution < 1.29 is 27.0 Å². The molecule has 0 saturated carbocycles. The molecule has 3 aromatic rings. The van der Waals surface area contributed by atoms with Gasteiger partial charge in [-0.2, -0.15) is 0 Å². The van der Waals surface area contributed by atoms with E-state index in [4.69, 9.17) is 9.47 Å². The monoisotopic (exact) mass is 418 g/mol. The van der Waals surface area contributed by atoms with Gasteiger partial charge in [0.25, 0.3) is 0 Å². The lowest BCUT2D eigenvalue weighted by Gasteiger charge is -2.27. The van der Waals surface area contributed by atoms with E-state index in [1.54, 1.807) is 6.07 Å². The lowest BCUT2D eigenvalue weighted by molar-refractivity contribution is -0.202. The summed E-state index contributed by atoms with van der Waals surface area (Å²) in [6, 6.07) is 13.2. The standard InChI is InChI=1S/C23H18F4O2.CH4/c1-13-11-28-23(29-12-13)15-4-2-14(3-5-15)16-6-7-18(19(24)8-16)17-9-20(25)22(27)21(26)10-17;/h2-10,13,23H,11-12H2,1H3;1H4. The molecule has 0 bridgehead atoms. The molecule has 0 atom stereocenters. The molecule has 0 N–H and O–H groups in total. The first kappa shape index (κ1) is 22.0. The summed E-state index contributed by atoms with van der Waals surface area (Å²) in [4.78, 5) is 0. The number of ether oxygens (including phenoxy) is 2. The van der Waals surface area contributed by atoms with E-state index < -0.39 is 29.6 Å². The maximum atomic E-state index is 14.6. The smallest absolute Gasteiger partial charge is 0.194 e. The first-order valence-corrected chi connectivity index (χ1v) is 9.20. The van der Waals surface area contributed by atoms with Crippen molar-refractivity contribution in [1.29, 1.82) is 0 Å². The van der Waals surface area contributed by atoms with Crippen molar-refractivity contribution in [3.05, 3.63) is 83.4 Å². The van der Waals surface area contributed by atoms with E-state index in [1.807, 2.05) is 31.2 Å². The fraction of sp³-hybridized carbons (Fsp3) is 0.250. The van der Waals surface area contributed by atoms with Gasteiger partial charge in [-0.3, -0.25) is 0 Å². The molecule has 158 valence electrons. The van der Waals surface area contributed by atoms with Gasteiger partial charge in [-0.25, -0.2) is 17.6 Å². The van der Waals surface area contributed by atoms with Gasteiger partial charge in [0.2, 0.25) is 0 Å². The largest absolute Gasteiger partial charge is 0.348 e. The summed E-state index contributed by atoms with van der Waals surface area (Å²) in [6.45, 7) is 3.31. The zero-order valence-electron chi connectivity index (χ0n) is 15.6. The third-order valence-electron chi connectivity index (χ3n) is 4.84. The third kappa shape index (κ3) is 4.40. The van der Waals surface area contributed by atoms with Crippen LogP contribution in [0.3, 0.4) is 0 Å². The Labute approximate surface area is 173 Å². The minimum atomic E-state index is -1.58. The average molecular weight is 418 g/mol. The van der Waals surface area contributed by atoms with E-state index in [-0.39, 0.29) is 18.6 Å². The molecular formula is C24H22F4O2. The van der Waals surface area contributed by atoms with Crippen molar-refractivity contribution in [2.75, 3.05) is 13.2 Å². The van der Waals surface area contributed by atoms with Crippen LogP contribution in [0.2, 0.25) is 0 Å². The van der Waals surface area contributed by atoms with Crippen LogP contribution in [0.5, 0.6) is 0 Å². The van der Waals surface area contributed by atoms with Gasteiger partial charge in [0.1, 0.15) is 5.82 Å². The van der Waals surface area contributed by atoms with Crippen molar-refractivity contribution >= 4 is 0 Å². The molecule has 0 spiro atoms. The summed E-state index contributed by atoms with van der Waals surface area (Å²) < 4.78 is 66.0. The van der Waals surface area contributed by atoms with Gasteiger partial charge in [-0.15, -0.1) is 0 Å². The molecule has 1 saturated heterocycles. The quantitative estimate of drug-likeness (QED) is 0.340. The van der Waals surface area contributed by atoms with Crippen LogP contribution in [0.15, 0.2) is 54.6 Å². The fourth-order valence-electron chi connectivity index (χ4n) is 3.26. The van der Waals surface area contributed by atoms with Crippen molar-refractivity contribution in [3.63, 3.8) is 0 Å². The lowest BCUT2D eigenvalue weighted by Crippen LogP contribution is -2.24. The van der Waals surface area contributed by atoms with Crippen LogP contribution >= 0.6 is 0 Å². The molecule has 3 aromatic carbocycles. The van der Waals surface area contributed by atoms with Gasteiger partial charge in [0.15, 0.2) is 23.7 Å². The maximum Gasteiger partial charge on any atom is 0.194 e. The maximum absolute atomic E-state index is 14.6. The third-order valence-corrected chi connectivity index (χ3v) is 4.84. The SMILES string of the molecule is C.CC1COC(c2ccc(-c3ccc(-c4cc(F)c(F)c(F)c4)c(F)c3)cc2)OC1. The molecule has 1 aliphatic rings. The zero-order chi connectivity index (χ0) is 20.5. The van der Waals surface area contributed by atoms with Crippen molar-refractivity contribution in [1.82, 2.24) is 0 Å². The van der Waals surface area contributed by atoms with Gasteiger partial charge in [0.05, 0.1) is 13.2 Å². The van der Waals surface area contributed by atoms with Crippen molar-refractivity contribution in [2.45, 2.75) is 20.6 Å². The van der Waals surface area contributed by atoms with Crippen molar-refractivity contribution in [3.8, 4) is 22.3 Å². The Morgan fingerprint density at radius 3 is 1.80 bits per heavy atom. The normalized spacial score (nSPS) is 18.7. The molecular weight excluding hydrogens is 396 g/mol. The molecule has 0 radical (unpaired) electrons. The molecule has 0 amide bonds. The van der Waals surface area contributed by atoms with E-state index in [0.29, 0.717) is 24.7 Å². The molecule has 4 rings (SSSR count). The Balaban J connectivity index is 0.00000256. The first-order chi connectivity index (χ1) is 13.9. The van der Waals surface area contributed by atoms with Gasteiger partial charge >= 0.3 is 0 Å². The zero-order valence-corrected chi connectivity index (χ0v) is 15.6. The van der Waals surface area contributed by atoms with Crippen LogP contribution in [0.4, 0.5) is 17.6 Å². The summed E-state index contributed by atoms with van der Waals surface area (Å²) >= 11 is 0. The Morgan fingerprint density at radius 1 is 0.700 bits per heavy atom. The molecule has 2 nitrogen and oxygen atoms in total. The lowest BCUT2D eigenvalue weighted by atomic mass is 9.98. The Kier molecular flexibility index (Phi) is 6.58. The molecule has 0 aliphatic carbocycles. The van der Waals surface area contributed by atoms with Crippen molar-refractivity contribution in [2.24, 2.45) is 5.92 Å². The van der Waals surface area contributed by atoms with Crippen LogP contribution in [0.1, 0.15) is 26.2 Å². The predicted octanol–water partition coefficient (Wildman–Crippen LogP) is 6.89. The number of rotatable bonds is 3.